The van der Waals surface area contributed by atoms with Gasteiger partial charge in [-0.15, -0.1) is 0 Å². The quantitative estimate of drug-likeness (QED) is 0.682. The maximum atomic E-state index is 10.8. The van der Waals surface area contributed by atoms with Crippen LogP contribution < -0.4 is 4.74 Å². The predicted molar refractivity (Wildman–Crippen MR) is 76.1 cm³/mol. The van der Waals surface area contributed by atoms with Gasteiger partial charge in [-0.25, -0.2) is 0 Å². The van der Waals surface area contributed by atoms with Gasteiger partial charge in [0, 0.05) is 19.8 Å². The SMILES string of the molecule is CC(=O)OCCc1ccc2c(c1)Cc1ccccc1O2. The van der Waals surface area contributed by atoms with Gasteiger partial charge in [0.1, 0.15) is 11.5 Å². The highest BCUT2D eigenvalue weighted by atomic mass is 16.5. The van der Waals surface area contributed by atoms with E-state index in [1.54, 1.807) is 0 Å². The molecule has 1 heterocycles. The average molecular weight is 268 g/mol. The van der Waals surface area contributed by atoms with E-state index in [2.05, 4.69) is 12.1 Å². The molecule has 1 aliphatic heterocycles. The Morgan fingerprint density at radius 3 is 2.80 bits per heavy atom. The van der Waals surface area contributed by atoms with Gasteiger partial charge < -0.3 is 9.47 Å². The predicted octanol–water partition coefficient (Wildman–Crippen LogP) is 3.49. The molecular weight excluding hydrogens is 252 g/mol. The lowest BCUT2D eigenvalue weighted by atomic mass is 9.98. The smallest absolute Gasteiger partial charge is 0.302 e. The molecule has 0 fully saturated rings. The highest BCUT2D eigenvalue weighted by Crippen LogP contribution is 2.36. The van der Waals surface area contributed by atoms with E-state index in [0.717, 1.165) is 29.9 Å². The van der Waals surface area contributed by atoms with Gasteiger partial charge in [0.25, 0.3) is 0 Å². The molecule has 0 unspecified atom stereocenters. The van der Waals surface area contributed by atoms with Crippen LogP contribution in [0.4, 0.5) is 0 Å². The Morgan fingerprint density at radius 1 is 1.15 bits per heavy atom. The van der Waals surface area contributed by atoms with Crippen LogP contribution in [0, 0.1) is 0 Å². The number of fused-ring (bicyclic) bond motifs is 2. The number of esters is 1. The number of rotatable bonds is 3. The molecule has 0 aliphatic carbocycles. The number of ether oxygens (including phenoxy) is 2. The van der Waals surface area contributed by atoms with E-state index < -0.39 is 0 Å². The summed E-state index contributed by atoms with van der Waals surface area (Å²) in [4.78, 5) is 10.8. The first-order valence-electron chi connectivity index (χ1n) is 6.73. The van der Waals surface area contributed by atoms with Crippen LogP contribution in [0.2, 0.25) is 0 Å². The van der Waals surface area contributed by atoms with E-state index in [-0.39, 0.29) is 5.97 Å². The molecule has 0 atom stereocenters. The third-order valence-electron chi connectivity index (χ3n) is 3.39. The maximum Gasteiger partial charge on any atom is 0.302 e. The summed E-state index contributed by atoms with van der Waals surface area (Å²) in [5.41, 5.74) is 3.55. The fourth-order valence-corrected chi connectivity index (χ4v) is 2.41. The molecule has 0 bridgehead atoms. The average Bonchev–Trinajstić information content (AvgIpc) is 2.44. The molecule has 0 amide bonds. The van der Waals surface area contributed by atoms with Gasteiger partial charge in [-0.05, 0) is 28.8 Å². The molecule has 3 rings (SSSR count). The second kappa shape index (κ2) is 5.37. The number of carbonyl (C=O) groups excluding carboxylic acids is 1. The largest absolute Gasteiger partial charge is 0.466 e. The molecule has 0 N–H and O–H groups in total. The summed E-state index contributed by atoms with van der Waals surface area (Å²) in [6.07, 6.45) is 1.61. The van der Waals surface area contributed by atoms with Crippen molar-refractivity contribution in [3.05, 3.63) is 59.2 Å². The van der Waals surface area contributed by atoms with Gasteiger partial charge in [0.05, 0.1) is 6.61 Å². The Morgan fingerprint density at radius 2 is 1.95 bits per heavy atom. The molecular formula is C17H16O3. The minimum absolute atomic E-state index is 0.236. The van der Waals surface area contributed by atoms with Gasteiger partial charge in [-0.1, -0.05) is 30.3 Å². The second-order valence-corrected chi connectivity index (χ2v) is 4.92. The summed E-state index contributed by atoms with van der Waals surface area (Å²) in [5, 5.41) is 0. The Balaban J connectivity index is 1.76. The Hall–Kier alpha value is -2.29. The summed E-state index contributed by atoms with van der Waals surface area (Å²) in [7, 11) is 0. The van der Waals surface area contributed by atoms with Crippen molar-refractivity contribution >= 4 is 5.97 Å². The van der Waals surface area contributed by atoms with Crippen LogP contribution in [-0.4, -0.2) is 12.6 Å². The topological polar surface area (TPSA) is 35.5 Å². The van der Waals surface area contributed by atoms with Crippen LogP contribution in [0.5, 0.6) is 11.5 Å². The Labute approximate surface area is 118 Å². The summed E-state index contributed by atoms with van der Waals surface area (Å²) < 4.78 is 10.9. The van der Waals surface area contributed by atoms with Crippen molar-refractivity contribution in [3.8, 4) is 11.5 Å². The molecule has 0 spiro atoms. The zero-order valence-electron chi connectivity index (χ0n) is 11.4. The molecule has 3 nitrogen and oxygen atoms in total. The summed E-state index contributed by atoms with van der Waals surface area (Å²) in [5.74, 6) is 1.62. The molecule has 0 saturated carbocycles. The molecule has 102 valence electrons. The van der Waals surface area contributed by atoms with Gasteiger partial charge in [0.15, 0.2) is 0 Å². The van der Waals surface area contributed by atoms with Gasteiger partial charge in [-0.2, -0.15) is 0 Å². The fraction of sp³-hybridized carbons (Fsp3) is 0.235. The van der Waals surface area contributed by atoms with Crippen LogP contribution in [-0.2, 0) is 22.4 Å². The normalized spacial score (nSPS) is 12.1. The third-order valence-corrected chi connectivity index (χ3v) is 3.39. The summed E-state index contributed by atoms with van der Waals surface area (Å²) in [6.45, 7) is 1.85. The van der Waals surface area contributed by atoms with Crippen molar-refractivity contribution in [2.24, 2.45) is 0 Å². The highest BCUT2D eigenvalue weighted by molar-refractivity contribution is 5.65. The second-order valence-electron chi connectivity index (χ2n) is 4.92. The third kappa shape index (κ3) is 2.67. The van der Waals surface area contributed by atoms with Crippen LogP contribution >= 0.6 is 0 Å². The van der Waals surface area contributed by atoms with Crippen molar-refractivity contribution in [2.75, 3.05) is 6.61 Å². The first-order valence-corrected chi connectivity index (χ1v) is 6.73. The molecule has 2 aromatic carbocycles. The van der Waals surface area contributed by atoms with Crippen LogP contribution in [0.1, 0.15) is 23.6 Å². The molecule has 0 saturated heterocycles. The van der Waals surface area contributed by atoms with Gasteiger partial charge >= 0.3 is 5.97 Å². The Bertz CT molecular complexity index is 646. The number of para-hydroxylation sites is 1. The Kier molecular flexibility index (Phi) is 3.42. The molecule has 0 aromatic heterocycles. The van der Waals surface area contributed by atoms with E-state index >= 15 is 0 Å². The zero-order valence-corrected chi connectivity index (χ0v) is 11.4. The van der Waals surface area contributed by atoms with Gasteiger partial charge in [0.2, 0.25) is 0 Å². The number of carbonyl (C=O) groups is 1. The minimum Gasteiger partial charge on any atom is -0.466 e. The fourth-order valence-electron chi connectivity index (χ4n) is 2.41. The van der Waals surface area contributed by atoms with E-state index in [4.69, 9.17) is 9.47 Å². The molecule has 1 aliphatic rings. The van der Waals surface area contributed by atoms with E-state index in [1.807, 2.05) is 30.3 Å². The van der Waals surface area contributed by atoms with Crippen molar-refractivity contribution in [2.45, 2.75) is 19.8 Å². The maximum absolute atomic E-state index is 10.8. The molecule has 3 heteroatoms. The van der Waals surface area contributed by atoms with Gasteiger partial charge in [-0.3, -0.25) is 4.79 Å². The summed E-state index contributed by atoms with van der Waals surface area (Å²) >= 11 is 0. The van der Waals surface area contributed by atoms with Crippen molar-refractivity contribution in [1.29, 1.82) is 0 Å². The molecule has 2 aromatic rings. The van der Waals surface area contributed by atoms with Crippen molar-refractivity contribution < 1.29 is 14.3 Å². The molecule has 0 radical (unpaired) electrons. The first kappa shape index (κ1) is 12.7. The highest BCUT2D eigenvalue weighted by Gasteiger charge is 2.16. The zero-order chi connectivity index (χ0) is 13.9. The monoisotopic (exact) mass is 268 g/mol. The lowest BCUT2D eigenvalue weighted by Gasteiger charge is -2.20. The lowest BCUT2D eigenvalue weighted by Crippen LogP contribution is -2.06. The van der Waals surface area contributed by atoms with E-state index in [0.29, 0.717) is 6.61 Å². The van der Waals surface area contributed by atoms with Crippen molar-refractivity contribution in [3.63, 3.8) is 0 Å². The number of hydrogen-bond donors (Lipinski definition) is 0. The van der Waals surface area contributed by atoms with Crippen LogP contribution in [0.25, 0.3) is 0 Å². The molecule has 20 heavy (non-hydrogen) atoms. The number of benzene rings is 2. The minimum atomic E-state index is -0.236. The van der Waals surface area contributed by atoms with Crippen LogP contribution in [0.3, 0.4) is 0 Å². The van der Waals surface area contributed by atoms with Crippen molar-refractivity contribution in [1.82, 2.24) is 0 Å². The van der Waals surface area contributed by atoms with E-state index in [9.17, 15) is 4.79 Å². The standard InChI is InChI=1S/C17H16O3/c1-12(18)19-9-8-13-6-7-17-15(10-13)11-14-4-2-3-5-16(14)20-17/h2-7,10H,8-9,11H2,1H3. The van der Waals surface area contributed by atoms with E-state index in [1.165, 1.54) is 18.1 Å². The first-order chi connectivity index (χ1) is 9.72. The lowest BCUT2D eigenvalue weighted by molar-refractivity contribution is -0.140. The van der Waals surface area contributed by atoms with Crippen LogP contribution in [0.15, 0.2) is 42.5 Å². The summed E-state index contributed by atoms with van der Waals surface area (Å²) in [6, 6.07) is 14.2. The number of hydrogen-bond acceptors (Lipinski definition) is 3.